The highest BCUT2D eigenvalue weighted by Gasteiger charge is 2.09. The van der Waals surface area contributed by atoms with Gasteiger partial charge in [-0.15, -0.1) is 0 Å². The van der Waals surface area contributed by atoms with Crippen LogP contribution in [0.4, 0.5) is 0 Å². The van der Waals surface area contributed by atoms with E-state index in [1.807, 2.05) is 0 Å². The summed E-state index contributed by atoms with van der Waals surface area (Å²) in [5.41, 5.74) is 0.578. The van der Waals surface area contributed by atoms with E-state index in [1.54, 1.807) is 13.8 Å². The number of carbonyl (C=O) groups excluding carboxylic acids is 1. The van der Waals surface area contributed by atoms with Crippen LogP contribution in [0.2, 0.25) is 0 Å². The molecule has 0 rings (SSSR count). The summed E-state index contributed by atoms with van der Waals surface area (Å²) in [5, 5.41) is 8.57. The summed E-state index contributed by atoms with van der Waals surface area (Å²) in [6.07, 6.45) is 1.57. The molecule has 4 heteroatoms. The number of hydrogen-bond donors (Lipinski definition) is 1. The Hall–Kier alpha value is -1.58. The fourth-order valence-corrected chi connectivity index (χ4v) is 0.761. The van der Waals surface area contributed by atoms with Crippen LogP contribution < -0.4 is 0 Å². The van der Waals surface area contributed by atoms with Crippen molar-refractivity contribution in [1.29, 1.82) is 0 Å². The van der Waals surface area contributed by atoms with Crippen molar-refractivity contribution in [2.75, 3.05) is 0 Å². The average Bonchev–Trinajstić information content (AvgIpc) is 2.13. The van der Waals surface area contributed by atoms with Crippen LogP contribution in [0.5, 0.6) is 0 Å². The topological polar surface area (TPSA) is 63.6 Å². The van der Waals surface area contributed by atoms with Gasteiger partial charge in [0.15, 0.2) is 0 Å². The number of rotatable bonds is 5. The molecule has 1 N–H and O–H groups in total. The van der Waals surface area contributed by atoms with Crippen LogP contribution in [0.1, 0.15) is 27.2 Å². The molecule has 0 bridgehead atoms. The minimum Gasteiger partial charge on any atom is -0.478 e. The number of aliphatic carboxylic acids is 1. The predicted octanol–water partition coefficient (Wildman–Crippen LogP) is 1.92. The fourth-order valence-electron chi connectivity index (χ4n) is 0.761. The summed E-state index contributed by atoms with van der Waals surface area (Å²) in [7, 11) is 0. The largest absolute Gasteiger partial charge is 0.478 e. The molecule has 0 spiro atoms. The van der Waals surface area contributed by atoms with Crippen LogP contribution in [-0.4, -0.2) is 23.1 Å². The highest BCUT2D eigenvalue weighted by Crippen LogP contribution is 2.05. The molecule has 0 aliphatic rings. The second-order valence-electron chi connectivity index (χ2n) is 3.42. The Labute approximate surface area is 89.2 Å². The zero-order valence-corrected chi connectivity index (χ0v) is 9.24. The van der Waals surface area contributed by atoms with Crippen LogP contribution >= 0.6 is 0 Å². The smallest absolute Gasteiger partial charge is 0.333 e. The zero-order valence-electron chi connectivity index (χ0n) is 9.24. The minimum absolute atomic E-state index is 0.244. The average molecular weight is 212 g/mol. The van der Waals surface area contributed by atoms with Gasteiger partial charge in [0.1, 0.15) is 6.10 Å². The Bertz CT molecular complexity index is 302. The maximum Gasteiger partial charge on any atom is 0.333 e. The number of carbonyl (C=O) groups is 2. The fraction of sp³-hybridized carbons (Fsp3) is 0.455. The Morgan fingerprint density at radius 1 is 1.47 bits per heavy atom. The molecule has 0 amide bonds. The molecular formula is C11H16O4. The third-order valence-corrected chi connectivity index (χ3v) is 1.75. The van der Waals surface area contributed by atoms with Gasteiger partial charge in [0, 0.05) is 17.6 Å². The SMILES string of the molecule is C=C(C)C(=O)OC(C)CC=C(C)C(=O)O. The van der Waals surface area contributed by atoms with Crippen molar-refractivity contribution >= 4 is 11.9 Å². The molecule has 0 saturated heterocycles. The monoisotopic (exact) mass is 212 g/mol. The molecule has 4 nitrogen and oxygen atoms in total. The molecule has 1 unspecified atom stereocenters. The summed E-state index contributed by atoms with van der Waals surface area (Å²) < 4.78 is 4.97. The molecule has 0 aromatic heterocycles. The molecule has 0 aromatic carbocycles. The Morgan fingerprint density at radius 3 is 2.40 bits per heavy atom. The highest BCUT2D eigenvalue weighted by atomic mass is 16.5. The van der Waals surface area contributed by atoms with Crippen molar-refractivity contribution in [1.82, 2.24) is 0 Å². The Kier molecular flexibility index (Phi) is 5.37. The minimum atomic E-state index is -0.964. The summed E-state index contributed by atoms with van der Waals surface area (Å²) in [6, 6.07) is 0. The van der Waals surface area contributed by atoms with E-state index >= 15 is 0 Å². The zero-order chi connectivity index (χ0) is 12.0. The Morgan fingerprint density at radius 2 is 2.00 bits per heavy atom. The van der Waals surface area contributed by atoms with Crippen LogP contribution in [0.3, 0.4) is 0 Å². The lowest BCUT2D eigenvalue weighted by molar-refractivity contribution is -0.143. The van der Waals surface area contributed by atoms with Crippen LogP contribution in [-0.2, 0) is 14.3 Å². The van der Waals surface area contributed by atoms with Gasteiger partial charge in [-0.05, 0) is 20.8 Å². The standard InChI is InChI=1S/C11H16O4/c1-7(2)11(14)15-9(4)6-5-8(3)10(12)13/h5,9H,1,6H2,2-4H3,(H,12,13). The highest BCUT2D eigenvalue weighted by molar-refractivity contribution is 5.87. The van der Waals surface area contributed by atoms with Gasteiger partial charge < -0.3 is 9.84 Å². The maximum atomic E-state index is 11.1. The molecule has 0 radical (unpaired) electrons. The summed E-state index contributed by atoms with van der Waals surface area (Å²) >= 11 is 0. The number of hydrogen-bond acceptors (Lipinski definition) is 3. The van der Waals surface area contributed by atoms with Crippen molar-refractivity contribution in [2.45, 2.75) is 33.3 Å². The summed E-state index contributed by atoms with van der Waals surface area (Å²) in [4.78, 5) is 21.5. The second-order valence-corrected chi connectivity index (χ2v) is 3.42. The first kappa shape index (κ1) is 13.4. The summed E-state index contributed by atoms with van der Waals surface area (Å²) in [5.74, 6) is -1.42. The van der Waals surface area contributed by atoms with E-state index in [-0.39, 0.29) is 11.7 Å². The predicted molar refractivity (Wildman–Crippen MR) is 56.4 cm³/mol. The van der Waals surface area contributed by atoms with Gasteiger partial charge in [-0.1, -0.05) is 12.7 Å². The van der Waals surface area contributed by atoms with E-state index in [2.05, 4.69) is 6.58 Å². The van der Waals surface area contributed by atoms with Gasteiger partial charge in [-0.2, -0.15) is 0 Å². The van der Waals surface area contributed by atoms with Gasteiger partial charge in [-0.25, -0.2) is 9.59 Å². The van der Waals surface area contributed by atoms with Gasteiger partial charge in [0.05, 0.1) is 0 Å². The van der Waals surface area contributed by atoms with Crippen LogP contribution in [0.15, 0.2) is 23.8 Å². The molecule has 84 valence electrons. The molecule has 1 atom stereocenters. The van der Waals surface area contributed by atoms with E-state index in [1.165, 1.54) is 13.0 Å². The van der Waals surface area contributed by atoms with E-state index in [0.717, 1.165) is 0 Å². The number of esters is 1. The molecule has 0 aromatic rings. The number of ether oxygens (including phenoxy) is 1. The van der Waals surface area contributed by atoms with Crippen molar-refractivity contribution < 1.29 is 19.4 Å². The third-order valence-electron chi connectivity index (χ3n) is 1.75. The first-order valence-corrected chi connectivity index (χ1v) is 4.61. The molecule has 0 heterocycles. The Balaban J connectivity index is 4.11. The lowest BCUT2D eigenvalue weighted by atomic mass is 10.2. The molecule has 0 aliphatic heterocycles. The van der Waals surface area contributed by atoms with Crippen molar-refractivity contribution in [3.63, 3.8) is 0 Å². The first-order valence-electron chi connectivity index (χ1n) is 4.61. The van der Waals surface area contributed by atoms with Crippen molar-refractivity contribution in [3.05, 3.63) is 23.8 Å². The quantitative estimate of drug-likeness (QED) is 0.558. The lowest BCUT2D eigenvalue weighted by Gasteiger charge is -2.10. The molecule has 15 heavy (non-hydrogen) atoms. The number of carboxylic acids is 1. The van der Waals surface area contributed by atoms with Crippen molar-refractivity contribution in [2.24, 2.45) is 0 Å². The molecule has 0 aliphatic carbocycles. The van der Waals surface area contributed by atoms with Gasteiger partial charge >= 0.3 is 11.9 Å². The van der Waals surface area contributed by atoms with Crippen molar-refractivity contribution in [3.8, 4) is 0 Å². The lowest BCUT2D eigenvalue weighted by Crippen LogP contribution is -2.14. The van der Waals surface area contributed by atoms with Gasteiger partial charge in [0.2, 0.25) is 0 Å². The van der Waals surface area contributed by atoms with Crippen LogP contribution in [0, 0.1) is 0 Å². The number of carboxylic acid groups (broad SMARTS) is 1. The first-order chi connectivity index (χ1) is 6.84. The van der Waals surface area contributed by atoms with Crippen LogP contribution in [0.25, 0.3) is 0 Å². The maximum absolute atomic E-state index is 11.1. The van der Waals surface area contributed by atoms with E-state index in [9.17, 15) is 9.59 Å². The summed E-state index contributed by atoms with van der Waals surface area (Å²) in [6.45, 7) is 8.21. The van der Waals surface area contributed by atoms with E-state index in [4.69, 9.17) is 9.84 Å². The molecule has 0 saturated carbocycles. The molecule has 0 fully saturated rings. The van der Waals surface area contributed by atoms with E-state index in [0.29, 0.717) is 12.0 Å². The third kappa shape index (κ3) is 5.67. The van der Waals surface area contributed by atoms with E-state index < -0.39 is 11.9 Å². The molecular weight excluding hydrogens is 196 g/mol. The van der Waals surface area contributed by atoms with Gasteiger partial charge in [-0.3, -0.25) is 0 Å². The normalized spacial score (nSPS) is 13.1. The van der Waals surface area contributed by atoms with Gasteiger partial charge in [0.25, 0.3) is 0 Å². The second kappa shape index (κ2) is 6.01.